The monoisotopic (exact) mass is 790 g/mol. The second-order valence-electron chi connectivity index (χ2n) is 16.7. The molecule has 15 heteroatoms. The fourth-order valence-corrected chi connectivity index (χ4v) is 7.54. The van der Waals surface area contributed by atoms with E-state index in [-0.39, 0.29) is 37.0 Å². The van der Waals surface area contributed by atoms with E-state index < -0.39 is 83.8 Å². The van der Waals surface area contributed by atoms with Crippen molar-refractivity contribution in [2.75, 3.05) is 6.54 Å². The molecule has 5 amide bonds. The summed E-state index contributed by atoms with van der Waals surface area (Å²) in [6, 6.07) is 8.53. The zero-order valence-electron chi connectivity index (χ0n) is 33.9. The van der Waals surface area contributed by atoms with Crippen molar-refractivity contribution in [1.82, 2.24) is 31.5 Å². The van der Waals surface area contributed by atoms with E-state index in [1.807, 2.05) is 44.2 Å². The van der Waals surface area contributed by atoms with E-state index in [1.54, 1.807) is 50.8 Å². The zero-order valence-corrected chi connectivity index (χ0v) is 33.9. The second kappa shape index (κ2) is 19.3. The fraction of sp³-hybridized carbons (Fsp3) is 0.548. The van der Waals surface area contributed by atoms with Gasteiger partial charge in [-0.25, -0.2) is 0 Å². The third-order valence-corrected chi connectivity index (χ3v) is 10.2. The van der Waals surface area contributed by atoms with Crippen molar-refractivity contribution in [3.05, 3.63) is 59.7 Å². The number of carboxylic acids is 1. The van der Waals surface area contributed by atoms with Crippen LogP contribution in [0.4, 0.5) is 0 Å². The van der Waals surface area contributed by atoms with Crippen molar-refractivity contribution in [1.29, 1.82) is 0 Å². The average molecular weight is 791 g/mol. The number of carboxylic acid groups (broad SMARTS) is 1. The number of hydrogen-bond donors (Lipinski definition) is 7. The molecular formula is C42H58N6O9. The highest BCUT2D eigenvalue weighted by Crippen LogP contribution is 2.28. The van der Waals surface area contributed by atoms with Crippen LogP contribution in [0.3, 0.4) is 0 Å². The van der Waals surface area contributed by atoms with Gasteiger partial charge in [0.25, 0.3) is 0 Å². The highest BCUT2D eigenvalue weighted by molar-refractivity contribution is 6.00. The largest absolute Gasteiger partial charge is 0.481 e. The van der Waals surface area contributed by atoms with E-state index in [4.69, 9.17) is 0 Å². The van der Waals surface area contributed by atoms with Crippen molar-refractivity contribution < 1.29 is 43.8 Å². The number of nitrogens with zero attached hydrogens (tertiary/aromatic N) is 1. The minimum Gasteiger partial charge on any atom is -0.481 e. The molecule has 2 bridgehead atoms. The molecule has 0 aliphatic carbocycles. The summed E-state index contributed by atoms with van der Waals surface area (Å²) in [7, 11) is 0. The fourth-order valence-electron chi connectivity index (χ4n) is 7.54. The van der Waals surface area contributed by atoms with E-state index in [0.717, 1.165) is 11.1 Å². The number of aliphatic hydroxyl groups is 1. The Morgan fingerprint density at radius 3 is 2.19 bits per heavy atom. The maximum Gasteiger partial charge on any atom is 0.305 e. The average Bonchev–Trinajstić information content (AvgIpc) is 3.60. The number of nitrogens with one attached hydrogen (secondary N) is 5. The summed E-state index contributed by atoms with van der Waals surface area (Å²) in [5, 5.41) is 34.0. The lowest BCUT2D eigenvalue weighted by molar-refractivity contribution is -0.141. The number of amides is 5. The molecule has 2 aromatic carbocycles. The Bertz CT molecular complexity index is 1810. The molecule has 2 aromatic rings. The molecule has 0 saturated carbocycles. The van der Waals surface area contributed by atoms with E-state index in [2.05, 4.69) is 26.6 Å². The normalized spacial score (nSPS) is 25.2. The molecule has 1 fully saturated rings. The smallest absolute Gasteiger partial charge is 0.305 e. The van der Waals surface area contributed by atoms with Crippen LogP contribution in [0.2, 0.25) is 0 Å². The lowest BCUT2D eigenvalue weighted by atomic mass is 9.88. The maximum absolute atomic E-state index is 14.1. The van der Waals surface area contributed by atoms with Gasteiger partial charge in [-0.05, 0) is 89.1 Å². The van der Waals surface area contributed by atoms with Gasteiger partial charge >= 0.3 is 5.97 Å². The Morgan fingerprint density at radius 1 is 0.895 bits per heavy atom. The van der Waals surface area contributed by atoms with Crippen molar-refractivity contribution in [2.24, 2.45) is 11.8 Å². The van der Waals surface area contributed by atoms with E-state index in [1.165, 1.54) is 6.92 Å². The number of aliphatic carboxylic acids is 1. The summed E-state index contributed by atoms with van der Waals surface area (Å²) in [6.45, 7) is 12.4. The summed E-state index contributed by atoms with van der Waals surface area (Å²) < 4.78 is 0. The second-order valence-corrected chi connectivity index (χ2v) is 16.7. The van der Waals surface area contributed by atoms with Gasteiger partial charge in [0.05, 0.1) is 24.6 Å². The first-order chi connectivity index (χ1) is 26.7. The van der Waals surface area contributed by atoms with E-state index in [9.17, 15) is 43.8 Å². The SMILES string of the molecule is CC(C)C[C@@H]1CC(=O)c2ccc(-c3ccccc3)c(c2)CNC(=O)[C@@H]2CCCN2[C@H](C(=O)NC(C)(C)C)[C@H](C)NC(=O)[C@H]([C@@H](C)O)NC(=O)[C@H](CC(=O)O)NC1=O. The Balaban J connectivity index is 1.83. The maximum atomic E-state index is 14.1. The number of Topliss-reactive ketones (excluding diaryl/α,β-unsaturated/α-hetero) is 1. The van der Waals surface area contributed by atoms with E-state index >= 15 is 0 Å². The van der Waals surface area contributed by atoms with E-state index in [0.29, 0.717) is 30.5 Å². The van der Waals surface area contributed by atoms with Crippen LogP contribution in [0.5, 0.6) is 0 Å². The number of benzene rings is 2. The summed E-state index contributed by atoms with van der Waals surface area (Å²) in [5.74, 6) is -6.24. The van der Waals surface area contributed by atoms with Crippen LogP contribution in [0.25, 0.3) is 11.1 Å². The minimum atomic E-state index is -1.66. The molecule has 0 radical (unpaired) electrons. The van der Waals surface area contributed by atoms with Gasteiger partial charge in [0.2, 0.25) is 29.5 Å². The number of carbonyl (C=O) groups is 7. The molecule has 0 spiro atoms. The zero-order chi connectivity index (χ0) is 42.2. The van der Waals surface area contributed by atoms with Crippen molar-refractivity contribution in [3.8, 4) is 11.1 Å². The predicted molar refractivity (Wildman–Crippen MR) is 212 cm³/mol. The summed E-state index contributed by atoms with van der Waals surface area (Å²) in [5.41, 5.74) is 1.90. The van der Waals surface area contributed by atoms with Crippen LogP contribution in [0, 0.1) is 11.8 Å². The first-order valence-corrected chi connectivity index (χ1v) is 19.6. The topological polar surface area (TPSA) is 223 Å². The van der Waals surface area contributed by atoms with Crippen molar-refractivity contribution in [3.63, 3.8) is 0 Å². The molecule has 15 nitrogen and oxygen atoms in total. The first kappa shape index (κ1) is 44.6. The molecule has 310 valence electrons. The molecule has 1 saturated heterocycles. The number of aliphatic hydroxyl groups excluding tert-OH is 1. The molecule has 0 unspecified atom stereocenters. The van der Waals surface area contributed by atoms with Crippen LogP contribution >= 0.6 is 0 Å². The van der Waals surface area contributed by atoms with Crippen molar-refractivity contribution >= 4 is 41.3 Å². The third-order valence-electron chi connectivity index (χ3n) is 10.2. The third kappa shape index (κ3) is 12.2. The minimum absolute atomic E-state index is 0.0380. The molecule has 2 heterocycles. The number of rotatable bonds is 7. The van der Waals surface area contributed by atoms with Gasteiger partial charge in [-0.1, -0.05) is 56.3 Å². The number of ketones is 1. The lowest BCUT2D eigenvalue weighted by Gasteiger charge is -2.37. The quantitative estimate of drug-likeness (QED) is 0.217. The number of hydrogen-bond acceptors (Lipinski definition) is 9. The molecular weight excluding hydrogens is 732 g/mol. The highest BCUT2D eigenvalue weighted by Gasteiger charge is 2.43. The molecule has 2 aliphatic rings. The standard InChI is InChI=1S/C42H58N6O9/c1-23(2)18-28-20-33(50)27-15-16-30(26-12-9-8-10-13-26)29(19-27)22-43-39(55)32-14-11-17-48(32)36(41(57)47-42(5,6)7)24(3)44-40(56)35(25(4)49)46-38(54)31(21-34(51)52)45-37(28)53/h8-10,12-13,15-16,19,23-25,28,31-32,35-36,49H,11,14,17-18,20-22H2,1-7H3,(H,43,55)(H,44,56)(H,45,53)(H,46,54)(H,47,57)(H,51,52)/t24-,25+,28+,31-,32-,35-,36-/m0/s1. The summed E-state index contributed by atoms with van der Waals surface area (Å²) >= 11 is 0. The first-order valence-electron chi connectivity index (χ1n) is 19.6. The molecule has 0 aromatic heterocycles. The Kier molecular flexibility index (Phi) is 15.1. The Hall–Kier alpha value is -5.15. The molecule has 7 N–H and O–H groups in total. The van der Waals surface area contributed by atoms with Gasteiger partial charge in [0, 0.05) is 30.0 Å². The van der Waals surface area contributed by atoms with Gasteiger partial charge in [-0.3, -0.25) is 38.5 Å². The number of fused-ring (bicyclic) bond motifs is 3. The van der Waals surface area contributed by atoms with Crippen LogP contribution in [0.15, 0.2) is 48.5 Å². The van der Waals surface area contributed by atoms with Gasteiger partial charge in [-0.15, -0.1) is 0 Å². The Labute approximate surface area is 334 Å². The molecule has 4 rings (SSSR count). The lowest BCUT2D eigenvalue weighted by Crippen LogP contribution is -2.65. The molecule has 7 atom stereocenters. The van der Waals surface area contributed by atoms with Crippen molar-refractivity contribution in [2.45, 2.75) is 129 Å². The van der Waals surface area contributed by atoms with Crippen LogP contribution < -0.4 is 26.6 Å². The molecule has 2 aliphatic heterocycles. The van der Waals surface area contributed by atoms with Gasteiger partial charge in [0.1, 0.15) is 18.1 Å². The summed E-state index contributed by atoms with van der Waals surface area (Å²) in [6.07, 6.45) is -1.35. The predicted octanol–water partition coefficient (Wildman–Crippen LogP) is 2.30. The van der Waals surface area contributed by atoms with Gasteiger partial charge in [0.15, 0.2) is 5.78 Å². The van der Waals surface area contributed by atoms with Crippen LogP contribution in [-0.2, 0) is 35.3 Å². The highest BCUT2D eigenvalue weighted by atomic mass is 16.4. The molecule has 57 heavy (non-hydrogen) atoms. The summed E-state index contributed by atoms with van der Waals surface area (Å²) in [4.78, 5) is 97.0. The van der Waals surface area contributed by atoms with Gasteiger partial charge < -0.3 is 36.8 Å². The Morgan fingerprint density at radius 2 is 1.58 bits per heavy atom. The van der Waals surface area contributed by atoms with Crippen LogP contribution in [-0.4, -0.2) is 105 Å². The number of carbonyl (C=O) groups excluding carboxylic acids is 6. The van der Waals surface area contributed by atoms with Crippen LogP contribution in [0.1, 0.15) is 96.5 Å². The van der Waals surface area contributed by atoms with Gasteiger partial charge in [-0.2, -0.15) is 0 Å².